The molecule has 0 amide bonds. The third-order valence-electron chi connectivity index (χ3n) is 2.40. The van der Waals surface area contributed by atoms with Crippen LogP contribution in [-0.2, 0) is 14.3 Å². The Morgan fingerprint density at radius 2 is 2.11 bits per heavy atom. The molecule has 0 bridgehead atoms. The Balaban J connectivity index is 2.56. The predicted octanol–water partition coefficient (Wildman–Crippen LogP) is 1.37. The normalized spacial score (nSPS) is 11.6. The molecule has 1 aromatic heterocycles. The number of fused-ring (bicyclic) bond motifs is 1. The molecular formula is C12H10N2O4. The van der Waals surface area contributed by atoms with Gasteiger partial charge < -0.3 is 4.74 Å². The maximum absolute atomic E-state index is 11.5. The van der Waals surface area contributed by atoms with E-state index >= 15 is 0 Å². The van der Waals surface area contributed by atoms with Crippen molar-refractivity contribution >= 4 is 28.9 Å². The first kappa shape index (κ1) is 12.0. The summed E-state index contributed by atoms with van der Waals surface area (Å²) in [5, 5.41) is 7.40. The van der Waals surface area contributed by atoms with Crippen LogP contribution < -0.4 is 0 Å². The molecule has 6 nitrogen and oxygen atoms in total. The highest BCUT2D eigenvalue weighted by molar-refractivity contribution is 6.20. The fraction of sp³-hybridized carbons (Fsp3) is 0.167. The van der Waals surface area contributed by atoms with Crippen LogP contribution in [0.1, 0.15) is 12.5 Å². The van der Waals surface area contributed by atoms with Crippen molar-refractivity contribution < 1.29 is 19.0 Å². The molecule has 0 atom stereocenters. The summed E-state index contributed by atoms with van der Waals surface area (Å²) in [7, 11) is 1.22. The highest BCUT2D eigenvalue weighted by Crippen LogP contribution is 2.18. The van der Waals surface area contributed by atoms with Gasteiger partial charge >= 0.3 is 5.97 Å². The number of ketones is 1. The highest BCUT2D eigenvalue weighted by Gasteiger charge is 2.16. The van der Waals surface area contributed by atoms with E-state index in [9.17, 15) is 9.59 Å². The maximum Gasteiger partial charge on any atom is 0.341 e. The molecule has 92 valence electrons. The van der Waals surface area contributed by atoms with Crippen molar-refractivity contribution in [3.63, 3.8) is 0 Å². The van der Waals surface area contributed by atoms with E-state index in [4.69, 9.17) is 0 Å². The third-order valence-corrected chi connectivity index (χ3v) is 2.40. The molecule has 0 aliphatic carbocycles. The SMILES string of the molecule is COC(=O)/C(=C/c1cccc2nonc12)C(C)=O. The summed E-state index contributed by atoms with van der Waals surface area (Å²) in [6.07, 6.45) is 1.42. The van der Waals surface area contributed by atoms with Crippen LogP contribution in [0.2, 0.25) is 0 Å². The second kappa shape index (κ2) is 4.79. The maximum atomic E-state index is 11.5. The lowest BCUT2D eigenvalue weighted by Gasteiger charge is -2.01. The van der Waals surface area contributed by atoms with Gasteiger partial charge in [-0.2, -0.15) is 0 Å². The van der Waals surface area contributed by atoms with Crippen LogP contribution >= 0.6 is 0 Å². The summed E-state index contributed by atoms with van der Waals surface area (Å²) in [5.74, 6) is -1.06. The average molecular weight is 246 g/mol. The number of esters is 1. The lowest BCUT2D eigenvalue weighted by atomic mass is 10.1. The van der Waals surface area contributed by atoms with Gasteiger partial charge in [0.15, 0.2) is 5.78 Å². The van der Waals surface area contributed by atoms with E-state index in [2.05, 4.69) is 19.7 Å². The minimum atomic E-state index is -0.684. The molecule has 0 saturated heterocycles. The summed E-state index contributed by atoms with van der Waals surface area (Å²) in [5.41, 5.74) is 1.56. The van der Waals surface area contributed by atoms with Crippen LogP contribution in [0.5, 0.6) is 0 Å². The number of carbonyl (C=O) groups is 2. The van der Waals surface area contributed by atoms with Gasteiger partial charge in [-0.15, -0.1) is 0 Å². The van der Waals surface area contributed by atoms with Crippen LogP contribution in [-0.4, -0.2) is 29.2 Å². The van der Waals surface area contributed by atoms with Gasteiger partial charge in [-0.25, -0.2) is 9.42 Å². The summed E-state index contributed by atoms with van der Waals surface area (Å²) in [4.78, 5) is 22.9. The molecule has 0 aliphatic rings. The number of rotatable bonds is 3. The molecule has 0 N–H and O–H groups in total. The van der Waals surface area contributed by atoms with E-state index < -0.39 is 5.97 Å². The number of carbonyl (C=O) groups excluding carboxylic acids is 2. The van der Waals surface area contributed by atoms with Crippen LogP contribution in [0.15, 0.2) is 28.4 Å². The number of Topliss-reactive ketones (excluding diaryl/α,β-unsaturated/α-hetero) is 1. The van der Waals surface area contributed by atoms with Gasteiger partial charge in [0.2, 0.25) is 0 Å². The molecule has 0 aliphatic heterocycles. The Morgan fingerprint density at radius 1 is 1.33 bits per heavy atom. The molecular weight excluding hydrogens is 236 g/mol. The Labute approximate surface area is 102 Å². The molecule has 2 rings (SSSR count). The largest absolute Gasteiger partial charge is 0.465 e. The number of ether oxygens (including phenoxy) is 1. The van der Waals surface area contributed by atoms with Crippen molar-refractivity contribution in [2.24, 2.45) is 0 Å². The minimum absolute atomic E-state index is 0.0481. The average Bonchev–Trinajstić information content (AvgIpc) is 2.83. The summed E-state index contributed by atoms with van der Waals surface area (Å²) < 4.78 is 9.16. The number of hydrogen-bond acceptors (Lipinski definition) is 6. The highest BCUT2D eigenvalue weighted by atomic mass is 16.6. The van der Waals surface area contributed by atoms with Crippen molar-refractivity contribution in [1.82, 2.24) is 10.3 Å². The third kappa shape index (κ3) is 2.13. The van der Waals surface area contributed by atoms with Crippen molar-refractivity contribution in [3.05, 3.63) is 29.3 Å². The number of nitrogens with zero attached hydrogens (tertiary/aromatic N) is 2. The van der Waals surface area contributed by atoms with Crippen molar-refractivity contribution in [2.75, 3.05) is 7.11 Å². The first-order valence-electron chi connectivity index (χ1n) is 5.15. The van der Waals surface area contributed by atoms with Crippen LogP contribution in [0.25, 0.3) is 17.1 Å². The van der Waals surface area contributed by atoms with E-state index in [1.807, 2.05) is 0 Å². The smallest absolute Gasteiger partial charge is 0.341 e. The Hall–Kier alpha value is -2.50. The van der Waals surface area contributed by atoms with Gasteiger partial charge in [0.05, 0.1) is 7.11 Å². The molecule has 1 aromatic carbocycles. The standard InChI is InChI=1S/C12H10N2O4/c1-7(15)9(12(16)17-2)6-8-4-3-5-10-11(8)14-18-13-10/h3-6H,1-2H3/b9-6+. The fourth-order valence-corrected chi connectivity index (χ4v) is 1.51. The molecule has 0 fully saturated rings. The summed E-state index contributed by atoms with van der Waals surface area (Å²) in [6.45, 7) is 1.30. The lowest BCUT2D eigenvalue weighted by Crippen LogP contribution is -2.11. The van der Waals surface area contributed by atoms with E-state index in [0.29, 0.717) is 16.6 Å². The van der Waals surface area contributed by atoms with Gasteiger partial charge in [0, 0.05) is 5.56 Å². The Morgan fingerprint density at radius 3 is 2.78 bits per heavy atom. The molecule has 1 heterocycles. The molecule has 6 heteroatoms. The predicted molar refractivity (Wildman–Crippen MR) is 62.5 cm³/mol. The molecule has 0 radical (unpaired) electrons. The zero-order valence-corrected chi connectivity index (χ0v) is 9.84. The molecule has 2 aromatic rings. The van der Waals surface area contributed by atoms with Gasteiger partial charge in [-0.3, -0.25) is 4.79 Å². The second-order valence-electron chi connectivity index (χ2n) is 3.58. The van der Waals surface area contributed by atoms with Gasteiger partial charge in [0.1, 0.15) is 16.6 Å². The first-order valence-corrected chi connectivity index (χ1v) is 5.15. The quantitative estimate of drug-likeness (QED) is 0.352. The molecule has 0 saturated carbocycles. The fourth-order valence-electron chi connectivity index (χ4n) is 1.51. The zero-order chi connectivity index (χ0) is 13.1. The monoisotopic (exact) mass is 246 g/mol. The number of hydrogen-bond donors (Lipinski definition) is 0. The van der Waals surface area contributed by atoms with Gasteiger partial charge in [-0.05, 0) is 29.4 Å². The summed E-state index contributed by atoms with van der Waals surface area (Å²) in [6, 6.07) is 5.15. The molecule has 0 unspecified atom stereocenters. The zero-order valence-electron chi connectivity index (χ0n) is 9.84. The van der Waals surface area contributed by atoms with Crippen molar-refractivity contribution in [1.29, 1.82) is 0 Å². The van der Waals surface area contributed by atoms with Crippen molar-refractivity contribution in [3.8, 4) is 0 Å². The Bertz CT molecular complexity index is 642. The van der Waals surface area contributed by atoms with Crippen LogP contribution in [0.4, 0.5) is 0 Å². The molecule has 0 spiro atoms. The first-order chi connectivity index (χ1) is 8.63. The number of aromatic nitrogens is 2. The molecule has 18 heavy (non-hydrogen) atoms. The van der Waals surface area contributed by atoms with Gasteiger partial charge in [-0.1, -0.05) is 12.1 Å². The van der Waals surface area contributed by atoms with Crippen LogP contribution in [0.3, 0.4) is 0 Å². The summed E-state index contributed by atoms with van der Waals surface area (Å²) >= 11 is 0. The van der Waals surface area contributed by atoms with Crippen LogP contribution in [0, 0.1) is 0 Å². The van der Waals surface area contributed by atoms with E-state index in [1.54, 1.807) is 18.2 Å². The number of benzene rings is 1. The van der Waals surface area contributed by atoms with E-state index in [1.165, 1.54) is 20.1 Å². The van der Waals surface area contributed by atoms with E-state index in [-0.39, 0.29) is 11.4 Å². The minimum Gasteiger partial charge on any atom is -0.465 e. The lowest BCUT2D eigenvalue weighted by molar-refractivity contribution is -0.137. The van der Waals surface area contributed by atoms with E-state index in [0.717, 1.165) is 0 Å². The topological polar surface area (TPSA) is 82.3 Å². The van der Waals surface area contributed by atoms with Gasteiger partial charge in [0.25, 0.3) is 0 Å². The Kier molecular flexibility index (Phi) is 3.18. The van der Waals surface area contributed by atoms with Crippen molar-refractivity contribution in [2.45, 2.75) is 6.92 Å². The second-order valence-corrected chi connectivity index (χ2v) is 3.58. The number of methoxy groups -OCH3 is 1.